The summed E-state index contributed by atoms with van der Waals surface area (Å²) < 4.78 is 0. The van der Waals surface area contributed by atoms with E-state index in [0.29, 0.717) is 5.92 Å². The van der Waals surface area contributed by atoms with Gasteiger partial charge in [0.15, 0.2) is 0 Å². The summed E-state index contributed by atoms with van der Waals surface area (Å²) in [5.41, 5.74) is 2.95. The first-order valence-corrected chi connectivity index (χ1v) is 6.28. The van der Waals surface area contributed by atoms with E-state index in [-0.39, 0.29) is 5.41 Å². The van der Waals surface area contributed by atoms with Crippen LogP contribution in [0.4, 0.5) is 0 Å². The number of fused-ring (bicyclic) bond motifs is 1. The first-order valence-electron chi connectivity index (χ1n) is 6.28. The minimum atomic E-state index is 0.118. The van der Waals surface area contributed by atoms with Crippen molar-refractivity contribution in [2.75, 3.05) is 6.67 Å². The molecule has 1 atom stereocenters. The second-order valence-corrected chi connectivity index (χ2v) is 4.72. The Morgan fingerprint density at radius 2 is 2.00 bits per heavy atom. The molecule has 0 spiro atoms. The molecule has 1 aliphatic carbocycles. The second kappa shape index (κ2) is 5.33. The third-order valence-electron chi connectivity index (χ3n) is 3.13. The molecule has 0 radical (unpaired) electrons. The van der Waals surface area contributed by atoms with Crippen molar-refractivity contribution in [1.29, 1.82) is 0 Å². The molecule has 1 unspecified atom stereocenters. The Hall–Kier alpha value is -1.05. The molecule has 2 aliphatic rings. The lowest BCUT2D eigenvalue weighted by atomic mass is 9.75. The molecule has 0 saturated heterocycles. The number of aliphatic imine (C=N–C) groups is 1. The van der Waals surface area contributed by atoms with E-state index >= 15 is 0 Å². The lowest BCUT2D eigenvalue weighted by molar-refractivity contribution is 0.466. The normalized spacial score (nSPS) is 27.1. The van der Waals surface area contributed by atoms with Crippen LogP contribution in [0.15, 0.2) is 28.4 Å². The minimum Gasteiger partial charge on any atom is -0.369 e. The highest BCUT2D eigenvalue weighted by Crippen LogP contribution is 2.38. The molecule has 2 nitrogen and oxygen atoms in total. The number of hydrogen-bond acceptors (Lipinski definition) is 2. The highest BCUT2D eigenvalue weighted by molar-refractivity contribution is 5.72. The number of nitrogens with one attached hydrogen (secondary N) is 1. The van der Waals surface area contributed by atoms with Crippen molar-refractivity contribution < 1.29 is 0 Å². The van der Waals surface area contributed by atoms with Crippen molar-refractivity contribution in [1.82, 2.24) is 5.32 Å². The van der Waals surface area contributed by atoms with Crippen LogP contribution in [-0.4, -0.2) is 12.9 Å². The van der Waals surface area contributed by atoms with Crippen molar-refractivity contribution in [3.05, 3.63) is 23.4 Å². The van der Waals surface area contributed by atoms with Crippen molar-refractivity contribution in [3.63, 3.8) is 0 Å². The van der Waals surface area contributed by atoms with Gasteiger partial charge in [-0.3, -0.25) is 4.99 Å². The quantitative estimate of drug-likeness (QED) is 0.718. The summed E-state index contributed by atoms with van der Waals surface area (Å²) in [6.45, 7) is 11.5. The average molecular weight is 220 g/mol. The Kier molecular flexibility index (Phi) is 4.34. The molecule has 0 aromatic rings. The van der Waals surface area contributed by atoms with E-state index in [0.717, 1.165) is 13.1 Å². The molecule has 16 heavy (non-hydrogen) atoms. The van der Waals surface area contributed by atoms with Gasteiger partial charge in [-0.25, -0.2) is 0 Å². The van der Waals surface area contributed by atoms with Crippen molar-refractivity contribution >= 4 is 6.21 Å². The molecule has 0 saturated carbocycles. The monoisotopic (exact) mass is 220 g/mol. The largest absolute Gasteiger partial charge is 0.369 e. The lowest BCUT2D eigenvalue weighted by Crippen LogP contribution is -2.37. The predicted molar refractivity (Wildman–Crippen MR) is 71.6 cm³/mol. The van der Waals surface area contributed by atoms with Crippen LogP contribution in [0.25, 0.3) is 0 Å². The summed E-state index contributed by atoms with van der Waals surface area (Å²) in [5.74, 6) is 0.639. The van der Waals surface area contributed by atoms with E-state index in [4.69, 9.17) is 0 Å². The molecule has 0 aromatic heterocycles. The number of nitrogens with zero attached hydrogens (tertiary/aromatic N) is 1. The molecule has 1 aliphatic heterocycles. The van der Waals surface area contributed by atoms with Crippen LogP contribution in [0.1, 0.15) is 41.0 Å². The van der Waals surface area contributed by atoms with Gasteiger partial charge in [0.1, 0.15) is 6.67 Å². The van der Waals surface area contributed by atoms with Crippen LogP contribution in [0.5, 0.6) is 0 Å². The van der Waals surface area contributed by atoms with E-state index in [1.54, 1.807) is 0 Å². The van der Waals surface area contributed by atoms with E-state index in [1.165, 1.54) is 11.3 Å². The van der Waals surface area contributed by atoms with Gasteiger partial charge in [-0.05, 0) is 25.3 Å². The average Bonchev–Trinajstić information content (AvgIpc) is 2.30. The Morgan fingerprint density at radius 1 is 1.31 bits per heavy atom. The van der Waals surface area contributed by atoms with E-state index in [1.807, 2.05) is 13.8 Å². The van der Waals surface area contributed by atoms with Crippen molar-refractivity contribution in [3.8, 4) is 0 Å². The lowest BCUT2D eigenvalue weighted by Gasteiger charge is -2.36. The zero-order valence-electron chi connectivity index (χ0n) is 11.2. The summed E-state index contributed by atoms with van der Waals surface area (Å²) in [6, 6.07) is 0. The van der Waals surface area contributed by atoms with Gasteiger partial charge < -0.3 is 5.32 Å². The third-order valence-corrected chi connectivity index (χ3v) is 3.13. The van der Waals surface area contributed by atoms with Crippen LogP contribution < -0.4 is 5.32 Å². The van der Waals surface area contributed by atoms with Gasteiger partial charge in [-0.15, -0.1) is 0 Å². The smallest absolute Gasteiger partial charge is 0.107 e. The molecule has 2 heteroatoms. The predicted octanol–water partition coefficient (Wildman–Crippen LogP) is 3.52. The van der Waals surface area contributed by atoms with Gasteiger partial charge in [-0.1, -0.05) is 39.3 Å². The van der Waals surface area contributed by atoms with E-state index < -0.39 is 0 Å². The van der Waals surface area contributed by atoms with Crippen LogP contribution in [0.2, 0.25) is 0 Å². The van der Waals surface area contributed by atoms with Gasteiger partial charge in [-0.2, -0.15) is 0 Å². The molecule has 2 rings (SSSR count). The van der Waals surface area contributed by atoms with Crippen LogP contribution in [0, 0.1) is 11.3 Å². The minimum absolute atomic E-state index is 0.118. The molecule has 0 fully saturated rings. The highest BCUT2D eigenvalue weighted by atomic mass is 15.1. The summed E-state index contributed by atoms with van der Waals surface area (Å²) in [4.78, 5) is 4.32. The summed E-state index contributed by atoms with van der Waals surface area (Å²) in [6.07, 6.45) is 7.68. The van der Waals surface area contributed by atoms with Crippen LogP contribution in [0.3, 0.4) is 0 Å². The fraction of sp³-hybridized carbons (Fsp3) is 0.643. The molecule has 0 amide bonds. The van der Waals surface area contributed by atoms with Crippen LogP contribution >= 0.6 is 0 Å². The molecule has 1 heterocycles. The molecular weight excluding hydrogens is 196 g/mol. The fourth-order valence-corrected chi connectivity index (χ4v) is 2.11. The zero-order chi connectivity index (χ0) is 12.2. The SMILES string of the molecule is CC.CC(C)C1=CC=C2NCN=CC2(C)C1. The molecular formula is C14H24N2. The standard InChI is InChI=1S/C12H18N2.C2H6/c1-9(2)10-4-5-11-12(3,6-10)7-13-8-14-11;1-2/h4-5,7,9,14H,6,8H2,1-3H3;1-2H3. The Bertz CT molecular complexity index is 324. The molecule has 0 aromatic carbocycles. The summed E-state index contributed by atoms with van der Waals surface area (Å²) in [7, 11) is 0. The fourth-order valence-electron chi connectivity index (χ4n) is 2.11. The van der Waals surface area contributed by atoms with E-state index in [9.17, 15) is 0 Å². The molecule has 90 valence electrons. The maximum Gasteiger partial charge on any atom is 0.107 e. The maximum atomic E-state index is 4.32. The van der Waals surface area contributed by atoms with E-state index in [2.05, 4.69) is 49.4 Å². The number of allylic oxidation sites excluding steroid dienone is 4. The van der Waals surface area contributed by atoms with Gasteiger partial charge >= 0.3 is 0 Å². The Labute approximate surface area is 99.5 Å². The van der Waals surface area contributed by atoms with Crippen molar-refractivity contribution in [2.24, 2.45) is 16.3 Å². The number of rotatable bonds is 1. The first-order chi connectivity index (χ1) is 7.62. The Morgan fingerprint density at radius 3 is 2.62 bits per heavy atom. The highest BCUT2D eigenvalue weighted by Gasteiger charge is 2.32. The van der Waals surface area contributed by atoms with Gasteiger partial charge in [0.25, 0.3) is 0 Å². The van der Waals surface area contributed by atoms with Crippen molar-refractivity contribution in [2.45, 2.75) is 41.0 Å². The zero-order valence-corrected chi connectivity index (χ0v) is 11.2. The summed E-state index contributed by atoms with van der Waals surface area (Å²) >= 11 is 0. The van der Waals surface area contributed by atoms with Gasteiger partial charge in [0.2, 0.25) is 0 Å². The van der Waals surface area contributed by atoms with Gasteiger partial charge in [0.05, 0.1) is 0 Å². The van der Waals surface area contributed by atoms with Gasteiger partial charge in [0, 0.05) is 17.3 Å². The summed E-state index contributed by atoms with van der Waals surface area (Å²) in [5, 5.41) is 3.34. The molecule has 1 N–H and O–H groups in total. The number of hydrogen-bond donors (Lipinski definition) is 1. The second-order valence-electron chi connectivity index (χ2n) is 4.72. The topological polar surface area (TPSA) is 24.4 Å². The molecule has 0 bridgehead atoms. The third kappa shape index (κ3) is 2.55. The maximum absolute atomic E-state index is 4.32. The first kappa shape index (κ1) is 13.0. The van der Waals surface area contributed by atoms with Crippen LogP contribution in [-0.2, 0) is 0 Å². The Balaban J connectivity index is 0.000000606.